The molecule has 0 aliphatic heterocycles. The molecule has 35 heavy (non-hydrogen) atoms. The maximum Gasteiger partial charge on any atom is 0.510 e. The van der Waals surface area contributed by atoms with Gasteiger partial charge in [0.25, 0.3) is 0 Å². The van der Waals surface area contributed by atoms with Gasteiger partial charge >= 0.3 is 12.2 Å². The standard InChI is InChI=1S/C23H26N3O8P/c1-14(2)32-23(29)33-15(3)34-35-31-13-26-19-11-10-17(20(27)16-8-6-5-7-9-16)12-18(19)24-21(26)25-22(28)30-4/h5-12,14-15,35H,13H2,1-4H3,(H,24,25,28). The highest BCUT2D eigenvalue weighted by Crippen LogP contribution is 2.26. The van der Waals surface area contributed by atoms with Crippen molar-refractivity contribution in [3.8, 4) is 0 Å². The van der Waals surface area contributed by atoms with E-state index in [9.17, 15) is 14.4 Å². The Morgan fingerprint density at radius 2 is 1.77 bits per heavy atom. The maximum atomic E-state index is 12.8. The SMILES string of the molecule is COC(=O)Nc1nc2cc(C(=O)c3ccccc3)ccc2n1COPOC(C)OC(=O)OC(C)C. The third kappa shape index (κ3) is 7.22. The molecule has 0 bridgehead atoms. The fourth-order valence-corrected chi connectivity index (χ4v) is 3.40. The van der Waals surface area contributed by atoms with Crippen molar-refractivity contribution in [3.63, 3.8) is 0 Å². The average molecular weight is 503 g/mol. The van der Waals surface area contributed by atoms with Gasteiger partial charge < -0.3 is 18.7 Å². The minimum Gasteiger partial charge on any atom is -0.453 e. The highest BCUT2D eigenvalue weighted by atomic mass is 31.1. The lowest BCUT2D eigenvalue weighted by atomic mass is 10.0. The second kappa shape index (κ2) is 12.3. The Bertz CT molecular complexity index is 1180. The predicted octanol–water partition coefficient (Wildman–Crippen LogP) is 4.85. The van der Waals surface area contributed by atoms with Crippen molar-refractivity contribution < 1.29 is 37.6 Å². The topological polar surface area (TPSA) is 127 Å². The summed E-state index contributed by atoms with van der Waals surface area (Å²) in [7, 11) is 0.738. The predicted molar refractivity (Wildman–Crippen MR) is 128 cm³/mol. The third-order valence-electron chi connectivity index (χ3n) is 4.51. The van der Waals surface area contributed by atoms with Gasteiger partial charge in [-0.1, -0.05) is 30.3 Å². The van der Waals surface area contributed by atoms with Gasteiger partial charge in [-0.05, 0) is 39.0 Å². The molecule has 1 heterocycles. The van der Waals surface area contributed by atoms with Crippen molar-refractivity contribution in [2.24, 2.45) is 0 Å². The van der Waals surface area contributed by atoms with E-state index in [1.807, 2.05) is 6.07 Å². The second-order valence-corrected chi connectivity index (χ2v) is 8.15. The number of ether oxygens (including phenoxy) is 3. The Hall–Kier alpha value is -3.53. The Morgan fingerprint density at radius 1 is 1.03 bits per heavy atom. The van der Waals surface area contributed by atoms with Crippen LogP contribution in [0.5, 0.6) is 0 Å². The number of amides is 1. The van der Waals surface area contributed by atoms with Crippen LogP contribution in [-0.2, 0) is 30.0 Å². The molecule has 0 saturated heterocycles. The molecule has 2 aromatic carbocycles. The van der Waals surface area contributed by atoms with Crippen molar-refractivity contribution in [3.05, 3.63) is 59.7 Å². The first-order valence-corrected chi connectivity index (χ1v) is 11.4. The summed E-state index contributed by atoms with van der Waals surface area (Å²) in [6.45, 7) is 4.88. The zero-order valence-corrected chi connectivity index (χ0v) is 20.6. The molecule has 186 valence electrons. The van der Waals surface area contributed by atoms with E-state index in [2.05, 4.69) is 15.0 Å². The fraction of sp³-hybridized carbons (Fsp3) is 0.304. The summed E-state index contributed by atoms with van der Waals surface area (Å²) in [6, 6.07) is 13.9. The number of carbonyl (C=O) groups excluding carboxylic acids is 3. The number of hydrogen-bond acceptors (Lipinski definition) is 9. The van der Waals surface area contributed by atoms with Crippen LogP contribution in [0.2, 0.25) is 0 Å². The highest BCUT2D eigenvalue weighted by Gasteiger charge is 2.17. The van der Waals surface area contributed by atoms with Crippen LogP contribution < -0.4 is 5.32 Å². The molecule has 12 heteroatoms. The smallest absolute Gasteiger partial charge is 0.453 e. The van der Waals surface area contributed by atoms with Crippen LogP contribution in [0, 0.1) is 0 Å². The van der Waals surface area contributed by atoms with Crippen molar-refractivity contribution in [2.45, 2.75) is 39.9 Å². The van der Waals surface area contributed by atoms with Gasteiger partial charge in [0.1, 0.15) is 6.73 Å². The average Bonchev–Trinajstić information content (AvgIpc) is 3.17. The van der Waals surface area contributed by atoms with Crippen LogP contribution in [-0.4, -0.2) is 47.1 Å². The number of ketones is 1. The molecular weight excluding hydrogens is 477 g/mol. The van der Waals surface area contributed by atoms with E-state index in [1.165, 1.54) is 14.0 Å². The van der Waals surface area contributed by atoms with E-state index >= 15 is 0 Å². The van der Waals surface area contributed by atoms with Crippen molar-refractivity contribution >= 4 is 44.0 Å². The molecule has 0 aliphatic rings. The van der Waals surface area contributed by atoms with Gasteiger partial charge in [0.2, 0.25) is 12.2 Å². The van der Waals surface area contributed by atoms with Crippen LogP contribution in [0.3, 0.4) is 0 Å². The van der Waals surface area contributed by atoms with Gasteiger partial charge in [-0.15, -0.1) is 0 Å². The van der Waals surface area contributed by atoms with Crippen LogP contribution in [0.4, 0.5) is 15.5 Å². The van der Waals surface area contributed by atoms with Crippen molar-refractivity contribution in [2.75, 3.05) is 12.4 Å². The molecule has 3 rings (SSSR count). The summed E-state index contributed by atoms with van der Waals surface area (Å²) in [5.74, 6) is 0.00593. The van der Waals surface area contributed by atoms with Gasteiger partial charge in [0.15, 0.2) is 14.8 Å². The van der Waals surface area contributed by atoms with Gasteiger partial charge in [0.05, 0.1) is 24.2 Å². The summed E-state index contributed by atoms with van der Waals surface area (Å²) < 4.78 is 27.0. The molecule has 0 radical (unpaired) electrons. The van der Waals surface area contributed by atoms with Gasteiger partial charge in [-0.2, -0.15) is 0 Å². The first kappa shape index (κ1) is 26.1. The van der Waals surface area contributed by atoms with Crippen molar-refractivity contribution in [1.82, 2.24) is 9.55 Å². The lowest BCUT2D eigenvalue weighted by Crippen LogP contribution is -2.19. The minimum atomic E-state index is -0.890. The molecule has 0 fully saturated rings. The minimum absolute atomic E-state index is 0.0522. The lowest BCUT2D eigenvalue weighted by Gasteiger charge is -2.15. The molecule has 1 N–H and O–H groups in total. The molecule has 3 aromatic rings. The Kier molecular flexibility index (Phi) is 9.13. The second-order valence-electron chi connectivity index (χ2n) is 7.46. The molecule has 11 nitrogen and oxygen atoms in total. The number of rotatable bonds is 10. The quantitative estimate of drug-likeness (QED) is 0.136. The zero-order valence-electron chi connectivity index (χ0n) is 19.6. The van der Waals surface area contributed by atoms with Crippen LogP contribution >= 0.6 is 9.03 Å². The van der Waals surface area contributed by atoms with Crippen LogP contribution in [0.25, 0.3) is 11.0 Å². The molecule has 1 amide bonds. The monoisotopic (exact) mass is 503 g/mol. The molecule has 2 unspecified atom stereocenters. The molecule has 0 aliphatic carbocycles. The molecule has 2 atom stereocenters. The van der Waals surface area contributed by atoms with E-state index in [-0.39, 0.29) is 24.6 Å². The lowest BCUT2D eigenvalue weighted by molar-refractivity contribution is -0.0595. The first-order chi connectivity index (χ1) is 16.8. The van der Waals surface area contributed by atoms with Gasteiger partial charge in [0, 0.05) is 11.1 Å². The summed E-state index contributed by atoms with van der Waals surface area (Å²) in [6.07, 6.45) is -2.76. The number of fused-ring (bicyclic) bond motifs is 1. The van der Waals surface area contributed by atoms with Crippen molar-refractivity contribution in [1.29, 1.82) is 0 Å². The molecule has 0 spiro atoms. The largest absolute Gasteiger partial charge is 0.510 e. The Labute approximate surface area is 203 Å². The van der Waals surface area contributed by atoms with E-state index in [0.29, 0.717) is 22.2 Å². The summed E-state index contributed by atoms with van der Waals surface area (Å²) in [4.78, 5) is 40.5. The molecular formula is C23H26N3O8P. The third-order valence-corrected chi connectivity index (χ3v) is 5.18. The molecule has 1 aromatic heterocycles. The number of carbonyl (C=O) groups is 3. The Balaban J connectivity index is 1.72. The number of imidazole rings is 1. The van der Waals surface area contributed by atoms with Gasteiger partial charge in [-0.25, -0.2) is 14.6 Å². The van der Waals surface area contributed by atoms with E-state index in [4.69, 9.17) is 18.5 Å². The first-order valence-electron chi connectivity index (χ1n) is 10.6. The van der Waals surface area contributed by atoms with E-state index in [1.54, 1.807) is 60.9 Å². The Morgan fingerprint density at radius 3 is 2.46 bits per heavy atom. The van der Waals surface area contributed by atoms with E-state index in [0.717, 1.165) is 0 Å². The number of benzene rings is 2. The summed E-state index contributed by atoms with van der Waals surface area (Å²) in [5, 5.41) is 2.53. The normalized spacial score (nSPS) is 12.1. The fourth-order valence-electron chi connectivity index (χ4n) is 2.97. The zero-order chi connectivity index (χ0) is 25.4. The number of aromatic nitrogens is 2. The number of hydrogen-bond donors (Lipinski definition) is 1. The number of nitrogens with one attached hydrogen (secondary N) is 1. The number of anilines is 1. The molecule has 0 saturated carbocycles. The van der Waals surface area contributed by atoms with Gasteiger partial charge in [-0.3, -0.25) is 19.2 Å². The van der Waals surface area contributed by atoms with Crippen LogP contribution in [0.15, 0.2) is 48.5 Å². The van der Waals surface area contributed by atoms with Crippen LogP contribution in [0.1, 0.15) is 36.7 Å². The number of nitrogens with zero attached hydrogens (tertiary/aromatic N) is 2. The summed E-state index contributed by atoms with van der Waals surface area (Å²) in [5.41, 5.74) is 2.08. The number of methoxy groups -OCH3 is 1. The summed E-state index contributed by atoms with van der Waals surface area (Å²) >= 11 is 0. The maximum absolute atomic E-state index is 12.8. The van der Waals surface area contributed by atoms with E-state index < -0.39 is 27.6 Å². The highest BCUT2D eigenvalue weighted by molar-refractivity contribution is 7.26.